The van der Waals surface area contributed by atoms with Crippen molar-refractivity contribution in [3.63, 3.8) is 0 Å². The van der Waals surface area contributed by atoms with Gasteiger partial charge in [-0.25, -0.2) is 4.98 Å². The zero-order chi connectivity index (χ0) is 9.97. The average Bonchev–Trinajstić information content (AvgIpc) is 2.68. The van der Waals surface area contributed by atoms with E-state index in [4.69, 9.17) is 0 Å². The van der Waals surface area contributed by atoms with E-state index in [0.29, 0.717) is 0 Å². The third-order valence-electron chi connectivity index (χ3n) is 1.78. The first kappa shape index (κ1) is 10.3. The van der Waals surface area contributed by atoms with E-state index in [1.165, 1.54) is 0 Å². The van der Waals surface area contributed by atoms with Gasteiger partial charge in [0.2, 0.25) is 0 Å². The smallest absolute Gasteiger partial charge is 0.121 e. The first-order valence-corrected chi connectivity index (χ1v) is 6.77. The van der Waals surface area contributed by atoms with Crippen LogP contribution in [0.15, 0.2) is 35.7 Å². The van der Waals surface area contributed by atoms with E-state index < -0.39 is 0 Å². The number of aromatic nitrogens is 1. The largest absolute Gasteiger partial charge is 0.239 e. The Hall–Kier alpha value is -0.190. The van der Waals surface area contributed by atoms with Gasteiger partial charge in [-0.15, -0.1) is 11.3 Å². The average molecular weight is 333 g/mol. The summed E-state index contributed by atoms with van der Waals surface area (Å²) in [4.78, 5) is 4.50. The van der Waals surface area contributed by atoms with Gasteiger partial charge in [0.25, 0.3) is 0 Å². The van der Waals surface area contributed by atoms with E-state index in [1.807, 2.05) is 18.2 Å². The summed E-state index contributed by atoms with van der Waals surface area (Å²) in [5.41, 5.74) is 2.20. The van der Waals surface area contributed by atoms with Crippen LogP contribution >= 0.6 is 43.2 Å². The van der Waals surface area contributed by atoms with Crippen LogP contribution in [0, 0.1) is 0 Å². The van der Waals surface area contributed by atoms with Crippen LogP contribution in [0.1, 0.15) is 8.74 Å². The van der Waals surface area contributed by atoms with Crippen molar-refractivity contribution in [3.05, 3.63) is 40.7 Å². The maximum atomic E-state index is 4.50. The summed E-state index contributed by atoms with van der Waals surface area (Å²) >= 11 is 8.51. The van der Waals surface area contributed by atoms with Gasteiger partial charge in [-0.2, -0.15) is 0 Å². The summed E-state index contributed by atoms with van der Waals surface area (Å²) in [5, 5.41) is 3.11. The fourth-order valence-electron chi connectivity index (χ4n) is 1.13. The Bertz CT molecular complexity index is 411. The number of nitrogens with zero attached hydrogens (tertiary/aromatic N) is 1. The number of alkyl halides is 2. The molecule has 0 aliphatic rings. The van der Waals surface area contributed by atoms with E-state index in [-0.39, 0.29) is 3.74 Å². The highest BCUT2D eigenvalue weighted by Crippen LogP contribution is 2.33. The minimum Gasteiger partial charge on any atom is -0.239 e. The Morgan fingerprint density at radius 2 is 1.86 bits per heavy atom. The monoisotopic (exact) mass is 331 g/mol. The van der Waals surface area contributed by atoms with E-state index in [1.54, 1.807) is 11.3 Å². The van der Waals surface area contributed by atoms with Crippen molar-refractivity contribution in [1.82, 2.24) is 4.98 Å². The van der Waals surface area contributed by atoms with Crippen molar-refractivity contribution in [1.29, 1.82) is 0 Å². The van der Waals surface area contributed by atoms with Gasteiger partial charge in [-0.05, 0) is 0 Å². The molecule has 0 fully saturated rings. The molecular weight excluding hydrogens is 326 g/mol. The van der Waals surface area contributed by atoms with Crippen molar-refractivity contribution in [2.24, 2.45) is 0 Å². The van der Waals surface area contributed by atoms with Gasteiger partial charge in [0.05, 0.1) is 5.69 Å². The van der Waals surface area contributed by atoms with E-state index in [9.17, 15) is 0 Å². The molecule has 0 atom stereocenters. The van der Waals surface area contributed by atoms with Crippen molar-refractivity contribution in [3.8, 4) is 11.3 Å². The Morgan fingerprint density at radius 1 is 1.14 bits per heavy atom. The molecule has 0 bridgehead atoms. The minimum absolute atomic E-state index is 0.150. The Balaban J connectivity index is 2.34. The number of thiazole rings is 1. The van der Waals surface area contributed by atoms with E-state index >= 15 is 0 Å². The summed E-state index contributed by atoms with van der Waals surface area (Å²) in [6.45, 7) is 0. The summed E-state index contributed by atoms with van der Waals surface area (Å²) in [7, 11) is 0. The van der Waals surface area contributed by atoms with Crippen molar-refractivity contribution in [2.75, 3.05) is 0 Å². The maximum Gasteiger partial charge on any atom is 0.121 e. The molecule has 0 saturated carbocycles. The van der Waals surface area contributed by atoms with E-state index in [2.05, 4.69) is 54.4 Å². The highest BCUT2D eigenvalue weighted by atomic mass is 79.9. The molecule has 2 rings (SSSR count). The lowest BCUT2D eigenvalue weighted by Crippen LogP contribution is -1.80. The molecule has 0 amide bonds. The SMILES string of the molecule is BrC(Br)c1nc(-c2ccccc2)cs1. The first-order chi connectivity index (χ1) is 6.77. The molecule has 14 heavy (non-hydrogen) atoms. The van der Waals surface area contributed by atoms with Gasteiger partial charge < -0.3 is 0 Å². The lowest BCUT2D eigenvalue weighted by atomic mass is 10.2. The summed E-state index contributed by atoms with van der Waals surface area (Å²) in [6.07, 6.45) is 0. The molecule has 72 valence electrons. The second-order valence-corrected chi connectivity index (χ2v) is 6.69. The van der Waals surface area contributed by atoms with Crippen LogP contribution in [0.3, 0.4) is 0 Å². The lowest BCUT2D eigenvalue weighted by Gasteiger charge is -1.95. The zero-order valence-electron chi connectivity index (χ0n) is 7.15. The molecule has 0 radical (unpaired) electrons. The molecule has 0 unspecified atom stereocenters. The maximum absolute atomic E-state index is 4.50. The Morgan fingerprint density at radius 3 is 2.43 bits per heavy atom. The fraction of sp³-hybridized carbons (Fsp3) is 0.100. The minimum atomic E-state index is 0.150. The summed E-state index contributed by atoms with van der Waals surface area (Å²) in [6, 6.07) is 10.2. The molecule has 0 N–H and O–H groups in total. The van der Waals surface area contributed by atoms with Crippen molar-refractivity contribution >= 4 is 43.2 Å². The third kappa shape index (κ3) is 2.24. The quantitative estimate of drug-likeness (QED) is 0.732. The second kappa shape index (κ2) is 4.55. The molecular formula is C10H7Br2NS. The van der Waals surface area contributed by atoms with Gasteiger partial charge >= 0.3 is 0 Å². The predicted octanol–water partition coefficient (Wildman–Crippen LogP) is 4.60. The molecule has 0 aliphatic heterocycles. The molecule has 0 aliphatic carbocycles. The van der Waals surface area contributed by atoms with Gasteiger partial charge in [0, 0.05) is 10.9 Å². The third-order valence-corrected chi connectivity index (χ3v) is 4.16. The van der Waals surface area contributed by atoms with Crippen LogP contribution in [-0.4, -0.2) is 4.98 Å². The van der Waals surface area contributed by atoms with Crippen LogP contribution in [-0.2, 0) is 0 Å². The number of rotatable bonds is 2. The first-order valence-electron chi connectivity index (χ1n) is 4.06. The molecule has 0 spiro atoms. The van der Waals surface area contributed by atoms with Crippen LogP contribution in [0.5, 0.6) is 0 Å². The highest BCUT2D eigenvalue weighted by Gasteiger charge is 2.08. The highest BCUT2D eigenvalue weighted by molar-refractivity contribution is 9.24. The van der Waals surface area contributed by atoms with Gasteiger partial charge in [-0.1, -0.05) is 62.2 Å². The molecule has 1 heterocycles. The topological polar surface area (TPSA) is 12.9 Å². The molecule has 4 heteroatoms. The molecule has 1 aromatic carbocycles. The van der Waals surface area contributed by atoms with Crippen molar-refractivity contribution < 1.29 is 0 Å². The van der Waals surface area contributed by atoms with Gasteiger partial charge in [-0.3, -0.25) is 0 Å². The standard InChI is InChI=1S/C10H7Br2NS/c11-9(12)10-13-8(6-14-10)7-4-2-1-3-5-7/h1-6,9H. The number of hydrogen-bond donors (Lipinski definition) is 0. The fourth-order valence-corrected chi connectivity index (χ4v) is 2.66. The summed E-state index contributed by atoms with van der Waals surface area (Å²) in [5.74, 6) is 0. The summed E-state index contributed by atoms with van der Waals surface area (Å²) < 4.78 is 0.150. The molecule has 0 saturated heterocycles. The number of halogens is 2. The predicted molar refractivity (Wildman–Crippen MR) is 68.1 cm³/mol. The van der Waals surface area contributed by atoms with Crippen LogP contribution < -0.4 is 0 Å². The van der Waals surface area contributed by atoms with E-state index in [0.717, 1.165) is 16.3 Å². The number of hydrogen-bond acceptors (Lipinski definition) is 2. The molecule has 2 aromatic rings. The van der Waals surface area contributed by atoms with Crippen LogP contribution in [0.2, 0.25) is 0 Å². The van der Waals surface area contributed by atoms with Crippen LogP contribution in [0.4, 0.5) is 0 Å². The van der Waals surface area contributed by atoms with Crippen molar-refractivity contribution in [2.45, 2.75) is 3.74 Å². The lowest BCUT2D eigenvalue weighted by molar-refractivity contribution is 1.27. The van der Waals surface area contributed by atoms with Gasteiger partial charge in [0.1, 0.15) is 8.74 Å². The van der Waals surface area contributed by atoms with Crippen LogP contribution in [0.25, 0.3) is 11.3 Å². The number of benzene rings is 1. The molecule has 1 nitrogen and oxygen atoms in total. The Kier molecular flexibility index (Phi) is 3.36. The van der Waals surface area contributed by atoms with Gasteiger partial charge in [0.15, 0.2) is 0 Å². The zero-order valence-corrected chi connectivity index (χ0v) is 11.1. The Labute approximate surface area is 103 Å². The molecule has 1 aromatic heterocycles. The second-order valence-electron chi connectivity index (χ2n) is 2.74. The normalized spacial score (nSPS) is 10.8.